The molecule has 4 aromatic rings. The fraction of sp³-hybridized carbons (Fsp3) is 0.0435. The third-order valence-electron chi connectivity index (χ3n) is 4.26. The number of hydrogen-bond acceptors (Lipinski definition) is 3. The van der Waals surface area contributed by atoms with Crippen LogP contribution in [0.3, 0.4) is 0 Å². The highest BCUT2D eigenvalue weighted by atomic mass is 19.1. The van der Waals surface area contributed by atoms with E-state index < -0.39 is 0 Å². The Bertz CT molecular complexity index is 1090. The molecule has 1 heterocycles. The number of carbonyl (C=O) groups is 1. The van der Waals surface area contributed by atoms with Gasteiger partial charge in [0.15, 0.2) is 5.69 Å². The first-order valence-electron chi connectivity index (χ1n) is 9.09. The molecule has 4 rings (SSSR count). The molecule has 0 saturated carbocycles. The van der Waals surface area contributed by atoms with Gasteiger partial charge < -0.3 is 10.1 Å². The molecule has 6 heteroatoms. The minimum atomic E-state index is -0.316. The van der Waals surface area contributed by atoms with Gasteiger partial charge in [-0.25, -0.2) is 4.39 Å². The number of aromatic nitrogens is 2. The van der Waals surface area contributed by atoms with E-state index in [1.165, 1.54) is 12.1 Å². The van der Waals surface area contributed by atoms with E-state index in [-0.39, 0.29) is 17.4 Å². The van der Waals surface area contributed by atoms with Crippen molar-refractivity contribution >= 4 is 11.6 Å². The first kappa shape index (κ1) is 18.4. The Morgan fingerprint density at radius 2 is 1.62 bits per heavy atom. The molecular weight excluding hydrogens is 369 g/mol. The van der Waals surface area contributed by atoms with Crippen LogP contribution in [0.15, 0.2) is 84.9 Å². The standard InChI is InChI=1S/C23H18FN3O2/c24-17-8-6-16(7-9-17)14-19-15-22(27-26-19)23(28)25-18-10-12-21(13-11-18)29-20-4-2-1-3-5-20/h1-13,15H,14H2,(H,25,28)(H,26,27). The lowest BCUT2D eigenvalue weighted by Crippen LogP contribution is -2.12. The van der Waals surface area contributed by atoms with Crippen LogP contribution in [0.1, 0.15) is 21.7 Å². The van der Waals surface area contributed by atoms with Crippen molar-refractivity contribution in [1.82, 2.24) is 10.2 Å². The second-order valence-electron chi connectivity index (χ2n) is 6.48. The molecule has 0 saturated heterocycles. The average molecular weight is 387 g/mol. The number of hydrogen-bond donors (Lipinski definition) is 2. The van der Waals surface area contributed by atoms with Crippen molar-refractivity contribution in [3.8, 4) is 11.5 Å². The number of anilines is 1. The molecule has 0 spiro atoms. The molecule has 29 heavy (non-hydrogen) atoms. The maximum absolute atomic E-state index is 13.0. The van der Waals surface area contributed by atoms with Crippen LogP contribution in [0.4, 0.5) is 10.1 Å². The van der Waals surface area contributed by atoms with Gasteiger partial charge in [-0.2, -0.15) is 5.10 Å². The van der Waals surface area contributed by atoms with Crippen molar-refractivity contribution in [2.45, 2.75) is 6.42 Å². The van der Waals surface area contributed by atoms with Gasteiger partial charge in [-0.1, -0.05) is 30.3 Å². The van der Waals surface area contributed by atoms with Crippen LogP contribution in [0, 0.1) is 5.82 Å². The number of ether oxygens (including phenoxy) is 1. The van der Waals surface area contributed by atoms with Crippen LogP contribution in [0.2, 0.25) is 0 Å². The number of benzene rings is 3. The van der Waals surface area contributed by atoms with Gasteiger partial charge in [0.25, 0.3) is 5.91 Å². The summed E-state index contributed by atoms with van der Waals surface area (Å²) in [7, 11) is 0. The molecule has 0 unspecified atom stereocenters. The summed E-state index contributed by atoms with van der Waals surface area (Å²) in [5, 5.41) is 9.72. The second kappa shape index (κ2) is 8.39. The molecule has 3 aromatic carbocycles. The molecule has 0 aliphatic heterocycles. The van der Waals surface area contributed by atoms with E-state index in [1.54, 1.807) is 42.5 Å². The van der Waals surface area contributed by atoms with Gasteiger partial charge in [0, 0.05) is 17.8 Å². The van der Waals surface area contributed by atoms with Crippen molar-refractivity contribution in [2.75, 3.05) is 5.32 Å². The predicted molar refractivity (Wildman–Crippen MR) is 109 cm³/mol. The van der Waals surface area contributed by atoms with E-state index >= 15 is 0 Å². The Labute approximate surface area is 167 Å². The van der Waals surface area contributed by atoms with Crippen molar-refractivity contribution in [3.05, 3.63) is 108 Å². The molecule has 0 bridgehead atoms. The number of amides is 1. The highest BCUT2D eigenvalue weighted by Crippen LogP contribution is 2.23. The quantitative estimate of drug-likeness (QED) is 0.479. The zero-order valence-corrected chi connectivity index (χ0v) is 15.4. The van der Waals surface area contributed by atoms with Crippen LogP contribution in [0.25, 0.3) is 0 Å². The molecule has 144 valence electrons. The molecule has 0 radical (unpaired) electrons. The van der Waals surface area contributed by atoms with Crippen LogP contribution in [-0.2, 0) is 6.42 Å². The molecule has 0 fully saturated rings. The van der Waals surface area contributed by atoms with E-state index in [2.05, 4.69) is 15.5 Å². The zero-order chi connectivity index (χ0) is 20.1. The summed E-state index contributed by atoms with van der Waals surface area (Å²) in [6.07, 6.45) is 0.534. The lowest BCUT2D eigenvalue weighted by Gasteiger charge is -2.07. The molecule has 0 aliphatic carbocycles. The minimum absolute atomic E-state index is 0.279. The van der Waals surface area contributed by atoms with E-state index in [9.17, 15) is 9.18 Å². The number of carbonyl (C=O) groups excluding carboxylic acids is 1. The number of H-pyrrole nitrogens is 1. The Balaban J connectivity index is 1.36. The fourth-order valence-electron chi connectivity index (χ4n) is 2.82. The van der Waals surface area contributed by atoms with Crippen molar-refractivity contribution in [1.29, 1.82) is 0 Å². The van der Waals surface area contributed by atoms with Crippen molar-refractivity contribution in [3.63, 3.8) is 0 Å². The number of nitrogens with zero attached hydrogens (tertiary/aromatic N) is 1. The Kier molecular flexibility index (Phi) is 5.33. The number of aromatic amines is 1. The SMILES string of the molecule is O=C(Nc1ccc(Oc2ccccc2)cc1)c1cc(Cc2ccc(F)cc2)[nH]n1. The van der Waals surface area contributed by atoms with E-state index in [0.29, 0.717) is 17.9 Å². The van der Waals surface area contributed by atoms with Gasteiger partial charge in [-0.05, 0) is 60.2 Å². The summed E-state index contributed by atoms with van der Waals surface area (Å²) < 4.78 is 18.7. The van der Waals surface area contributed by atoms with Crippen molar-refractivity contribution in [2.24, 2.45) is 0 Å². The van der Waals surface area contributed by atoms with E-state index in [4.69, 9.17) is 4.74 Å². The normalized spacial score (nSPS) is 10.5. The Morgan fingerprint density at radius 3 is 2.34 bits per heavy atom. The molecule has 1 amide bonds. The van der Waals surface area contributed by atoms with Gasteiger partial charge in [0.1, 0.15) is 17.3 Å². The van der Waals surface area contributed by atoms with Crippen LogP contribution in [0.5, 0.6) is 11.5 Å². The topological polar surface area (TPSA) is 67.0 Å². The van der Waals surface area contributed by atoms with E-state index in [1.807, 2.05) is 30.3 Å². The molecule has 0 atom stereocenters. The van der Waals surface area contributed by atoms with Gasteiger partial charge in [-0.3, -0.25) is 9.89 Å². The summed E-state index contributed by atoms with van der Waals surface area (Å²) >= 11 is 0. The summed E-state index contributed by atoms with van der Waals surface area (Å²) in [6, 6.07) is 24.5. The summed E-state index contributed by atoms with van der Waals surface area (Å²) in [6.45, 7) is 0. The number of halogens is 1. The maximum atomic E-state index is 13.0. The lowest BCUT2D eigenvalue weighted by atomic mass is 10.1. The number of para-hydroxylation sites is 1. The third kappa shape index (κ3) is 4.87. The van der Waals surface area contributed by atoms with Gasteiger partial charge >= 0.3 is 0 Å². The Hall–Kier alpha value is -3.93. The highest BCUT2D eigenvalue weighted by Gasteiger charge is 2.11. The first-order chi connectivity index (χ1) is 14.2. The first-order valence-corrected chi connectivity index (χ1v) is 9.09. The zero-order valence-electron chi connectivity index (χ0n) is 15.4. The van der Waals surface area contributed by atoms with Crippen LogP contribution < -0.4 is 10.1 Å². The summed E-state index contributed by atoms with van der Waals surface area (Å²) in [4.78, 5) is 12.4. The summed E-state index contributed by atoms with van der Waals surface area (Å²) in [5.41, 5.74) is 2.62. The van der Waals surface area contributed by atoms with Crippen LogP contribution in [-0.4, -0.2) is 16.1 Å². The van der Waals surface area contributed by atoms with E-state index in [0.717, 1.165) is 17.0 Å². The van der Waals surface area contributed by atoms with Gasteiger partial charge in [0.2, 0.25) is 0 Å². The molecular formula is C23H18FN3O2. The largest absolute Gasteiger partial charge is 0.457 e. The monoisotopic (exact) mass is 387 g/mol. The Morgan fingerprint density at radius 1 is 0.931 bits per heavy atom. The molecule has 2 N–H and O–H groups in total. The average Bonchev–Trinajstić information content (AvgIpc) is 3.21. The predicted octanol–water partition coefficient (Wildman–Crippen LogP) is 5.18. The third-order valence-corrected chi connectivity index (χ3v) is 4.26. The van der Waals surface area contributed by atoms with Crippen LogP contribution >= 0.6 is 0 Å². The molecule has 5 nitrogen and oxygen atoms in total. The highest BCUT2D eigenvalue weighted by molar-refractivity contribution is 6.02. The second-order valence-corrected chi connectivity index (χ2v) is 6.48. The summed E-state index contributed by atoms with van der Waals surface area (Å²) in [5.74, 6) is 0.826. The minimum Gasteiger partial charge on any atom is -0.457 e. The number of nitrogens with one attached hydrogen (secondary N) is 2. The maximum Gasteiger partial charge on any atom is 0.276 e. The smallest absolute Gasteiger partial charge is 0.276 e. The fourth-order valence-corrected chi connectivity index (χ4v) is 2.82. The molecule has 1 aromatic heterocycles. The van der Waals surface area contributed by atoms with Crippen molar-refractivity contribution < 1.29 is 13.9 Å². The number of rotatable bonds is 6. The lowest BCUT2D eigenvalue weighted by molar-refractivity contribution is 0.102. The van der Waals surface area contributed by atoms with Gasteiger partial charge in [-0.15, -0.1) is 0 Å². The molecule has 0 aliphatic rings. The van der Waals surface area contributed by atoms with Gasteiger partial charge in [0.05, 0.1) is 0 Å².